The van der Waals surface area contributed by atoms with Crippen molar-refractivity contribution in [3.05, 3.63) is 29.8 Å². The monoisotopic (exact) mass is 328 g/mol. The van der Waals surface area contributed by atoms with Gasteiger partial charge in [-0.25, -0.2) is 0 Å². The van der Waals surface area contributed by atoms with E-state index in [0.717, 1.165) is 24.9 Å². The van der Waals surface area contributed by atoms with E-state index >= 15 is 0 Å². The van der Waals surface area contributed by atoms with Crippen molar-refractivity contribution in [2.45, 2.75) is 32.6 Å². The minimum Gasteiger partial charge on any atom is -0.357 e. The number of benzene rings is 1. The van der Waals surface area contributed by atoms with Crippen LogP contribution in [0.5, 0.6) is 0 Å². The molecule has 0 unspecified atom stereocenters. The highest BCUT2D eigenvalue weighted by Crippen LogP contribution is 2.16. The summed E-state index contributed by atoms with van der Waals surface area (Å²) in [5.41, 5.74) is 1.35. The fourth-order valence-electron chi connectivity index (χ4n) is 2.19. The standard InChI is InChI=1S/C17H24N6O/c1-3-4-5-6-10-19-16-21-15(18-2)22-17(23-16)20-14-9-7-8-13(11-14)12-24/h7-9,11-12H,3-6,10H2,1-2H3,(H3,18,19,20,21,22,23). The Morgan fingerprint density at radius 3 is 2.58 bits per heavy atom. The van der Waals surface area contributed by atoms with Crippen LogP contribution in [-0.2, 0) is 0 Å². The molecular formula is C17H24N6O. The summed E-state index contributed by atoms with van der Waals surface area (Å²) in [5, 5.41) is 9.26. The Bertz CT molecular complexity index is 661. The average Bonchev–Trinajstić information content (AvgIpc) is 2.61. The summed E-state index contributed by atoms with van der Waals surface area (Å²) in [4.78, 5) is 23.8. The highest BCUT2D eigenvalue weighted by Gasteiger charge is 2.06. The summed E-state index contributed by atoms with van der Waals surface area (Å²) in [6, 6.07) is 7.15. The molecule has 0 saturated heterocycles. The summed E-state index contributed by atoms with van der Waals surface area (Å²) >= 11 is 0. The summed E-state index contributed by atoms with van der Waals surface area (Å²) < 4.78 is 0. The first-order valence-corrected chi connectivity index (χ1v) is 8.25. The summed E-state index contributed by atoms with van der Waals surface area (Å²) in [7, 11) is 1.76. The molecule has 2 rings (SSSR count). The molecule has 0 fully saturated rings. The third-order valence-electron chi connectivity index (χ3n) is 3.45. The zero-order valence-electron chi connectivity index (χ0n) is 14.2. The van der Waals surface area contributed by atoms with Gasteiger partial charge in [0.15, 0.2) is 0 Å². The molecule has 128 valence electrons. The molecule has 24 heavy (non-hydrogen) atoms. The highest BCUT2D eigenvalue weighted by molar-refractivity contribution is 5.77. The van der Waals surface area contributed by atoms with E-state index in [1.807, 2.05) is 6.07 Å². The number of carbonyl (C=O) groups excluding carboxylic acids is 1. The lowest BCUT2D eigenvalue weighted by molar-refractivity contribution is 0.112. The van der Waals surface area contributed by atoms with E-state index in [-0.39, 0.29) is 0 Å². The van der Waals surface area contributed by atoms with Crippen molar-refractivity contribution in [2.75, 3.05) is 29.5 Å². The zero-order valence-corrected chi connectivity index (χ0v) is 14.2. The van der Waals surface area contributed by atoms with Crippen LogP contribution < -0.4 is 16.0 Å². The van der Waals surface area contributed by atoms with Crippen molar-refractivity contribution >= 4 is 29.8 Å². The largest absolute Gasteiger partial charge is 0.357 e. The number of hydrogen-bond donors (Lipinski definition) is 3. The first-order chi connectivity index (χ1) is 11.7. The van der Waals surface area contributed by atoms with E-state index in [1.54, 1.807) is 25.2 Å². The molecule has 0 atom stereocenters. The third kappa shape index (κ3) is 5.49. The maximum atomic E-state index is 10.9. The van der Waals surface area contributed by atoms with Gasteiger partial charge in [0.25, 0.3) is 0 Å². The molecule has 0 amide bonds. The van der Waals surface area contributed by atoms with Crippen LogP contribution in [0.4, 0.5) is 23.5 Å². The van der Waals surface area contributed by atoms with Crippen LogP contribution in [0.3, 0.4) is 0 Å². The topological polar surface area (TPSA) is 91.8 Å². The Hall–Kier alpha value is -2.70. The summed E-state index contributed by atoms with van der Waals surface area (Å²) in [6.07, 6.45) is 5.53. The second-order valence-electron chi connectivity index (χ2n) is 5.41. The fraction of sp³-hybridized carbons (Fsp3) is 0.412. The van der Waals surface area contributed by atoms with Crippen LogP contribution in [0.25, 0.3) is 0 Å². The number of carbonyl (C=O) groups is 1. The zero-order chi connectivity index (χ0) is 17.2. The van der Waals surface area contributed by atoms with Gasteiger partial charge in [0.1, 0.15) is 6.29 Å². The number of aldehydes is 1. The average molecular weight is 328 g/mol. The number of nitrogens with zero attached hydrogens (tertiary/aromatic N) is 3. The quantitative estimate of drug-likeness (QED) is 0.454. The normalized spacial score (nSPS) is 10.2. The highest BCUT2D eigenvalue weighted by atomic mass is 16.1. The van der Waals surface area contributed by atoms with E-state index in [9.17, 15) is 4.79 Å². The molecule has 0 aliphatic heterocycles. The first kappa shape index (κ1) is 17.7. The van der Waals surface area contributed by atoms with Gasteiger partial charge in [-0.3, -0.25) is 4.79 Å². The second kappa shape index (κ2) is 9.44. The molecule has 0 bridgehead atoms. The van der Waals surface area contributed by atoms with Crippen molar-refractivity contribution in [3.63, 3.8) is 0 Å². The first-order valence-electron chi connectivity index (χ1n) is 8.25. The summed E-state index contributed by atoms with van der Waals surface area (Å²) in [6.45, 7) is 3.02. The molecule has 0 aliphatic carbocycles. The van der Waals surface area contributed by atoms with Gasteiger partial charge in [-0.15, -0.1) is 0 Å². The van der Waals surface area contributed by atoms with E-state index in [2.05, 4.69) is 37.8 Å². The van der Waals surface area contributed by atoms with Crippen molar-refractivity contribution in [1.29, 1.82) is 0 Å². The minimum absolute atomic E-state index is 0.424. The van der Waals surface area contributed by atoms with E-state index in [1.165, 1.54) is 19.3 Å². The number of unbranched alkanes of at least 4 members (excludes halogenated alkanes) is 3. The maximum Gasteiger partial charge on any atom is 0.233 e. The van der Waals surface area contributed by atoms with Gasteiger partial charge in [-0.05, 0) is 18.6 Å². The van der Waals surface area contributed by atoms with Gasteiger partial charge < -0.3 is 16.0 Å². The van der Waals surface area contributed by atoms with E-state index in [0.29, 0.717) is 23.4 Å². The lowest BCUT2D eigenvalue weighted by atomic mass is 10.2. The molecule has 1 aromatic carbocycles. The Kier molecular flexibility index (Phi) is 6.94. The predicted molar refractivity (Wildman–Crippen MR) is 97.1 cm³/mol. The molecule has 2 aromatic rings. The van der Waals surface area contributed by atoms with Crippen LogP contribution in [0, 0.1) is 0 Å². The molecule has 0 spiro atoms. The van der Waals surface area contributed by atoms with Crippen LogP contribution in [0.2, 0.25) is 0 Å². The van der Waals surface area contributed by atoms with Gasteiger partial charge in [0, 0.05) is 24.8 Å². The lowest BCUT2D eigenvalue weighted by Crippen LogP contribution is -2.10. The molecular weight excluding hydrogens is 304 g/mol. The molecule has 0 saturated carbocycles. The van der Waals surface area contributed by atoms with Crippen LogP contribution in [-0.4, -0.2) is 34.8 Å². The predicted octanol–water partition coefficient (Wildman–Crippen LogP) is 3.46. The van der Waals surface area contributed by atoms with Crippen molar-refractivity contribution in [3.8, 4) is 0 Å². The van der Waals surface area contributed by atoms with Crippen molar-refractivity contribution < 1.29 is 4.79 Å². The second-order valence-corrected chi connectivity index (χ2v) is 5.41. The molecule has 3 N–H and O–H groups in total. The molecule has 7 nitrogen and oxygen atoms in total. The minimum atomic E-state index is 0.424. The van der Waals surface area contributed by atoms with Gasteiger partial charge >= 0.3 is 0 Å². The number of rotatable bonds is 10. The molecule has 1 heterocycles. The summed E-state index contributed by atoms with van der Waals surface area (Å²) in [5.74, 6) is 1.43. The van der Waals surface area contributed by atoms with Crippen molar-refractivity contribution in [1.82, 2.24) is 15.0 Å². The van der Waals surface area contributed by atoms with E-state index in [4.69, 9.17) is 0 Å². The van der Waals surface area contributed by atoms with Gasteiger partial charge in [0.05, 0.1) is 0 Å². The Morgan fingerprint density at radius 1 is 1.04 bits per heavy atom. The molecule has 1 aromatic heterocycles. The maximum absolute atomic E-state index is 10.9. The number of anilines is 4. The molecule has 7 heteroatoms. The van der Waals surface area contributed by atoms with Gasteiger partial charge in [0.2, 0.25) is 17.8 Å². The Morgan fingerprint density at radius 2 is 1.83 bits per heavy atom. The molecule has 0 radical (unpaired) electrons. The van der Waals surface area contributed by atoms with Gasteiger partial charge in [-0.1, -0.05) is 38.3 Å². The molecule has 0 aliphatic rings. The van der Waals surface area contributed by atoms with Crippen LogP contribution in [0.1, 0.15) is 43.0 Å². The van der Waals surface area contributed by atoms with E-state index < -0.39 is 0 Å². The Labute approximate surface area is 142 Å². The smallest absolute Gasteiger partial charge is 0.233 e. The number of hydrogen-bond acceptors (Lipinski definition) is 7. The van der Waals surface area contributed by atoms with Crippen LogP contribution in [0.15, 0.2) is 24.3 Å². The van der Waals surface area contributed by atoms with Crippen LogP contribution >= 0.6 is 0 Å². The van der Waals surface area contributed by atoms with Gasteiger partial charge in [-0.2, -0.15) is 15.0 Å². The van der Waals surface area contributed by atoms with Crippen molar-refractivity contribution in [2.24, 2.45) is 0 Å². The third-order valence-corrected chi connectivity index (χ3v) is 3.45. The fourth-order valence-corrected chi connectivity index (χ4v) is 2.19. The lowest BCUT2D eigenvalue weighted by Gasteiger charge is -2.10. The SMILES string of the molecule is CCCCCCNc1nc(NC)nc(Nc2cccc(C=O)c2)n1. The Balaban J connectivity index is 2.05. The number of aromatic nitrogens is 3. The number of nitrogens with one attached hydrogen (secondary N) is 3.